The number of aryl methyl sites for hydroxylation is 3. The summed E-state index contributed by atoms with van der Waals surface area (Å²) in [5.41, 5.74) is 14.0. The van der Waals surface area contributed by atoms with Crippen LogP contribution < -0.4 is 50.9 Å². The van der Waals surface area contributed by atoms with Gasteiger partial charge in [0, 0.05) is 52.6 Å². The third-order valence-corrected chi connectivity index (χ3v) is 23.7. The number of nitrogens with one attached hydrogen (secondary N) is 3. The maximum absolute atomic E-state index is 13.1. The number of rotatable bonds is 29. The fraction of sp³-hybridized carbons (Fsp3) is 0.609. The fourth-order valence-electron chi connectivity index (χ4n) is 14.8. The summed E-state index contributed by atoms with van der Waals surface area (Å²) in [5.74, 6) is 0.479. The molecule has 0 spiro atoms. The SMILES string of the molecule is CCOC(=O)O[C@@H]1C[C@H](n2cnc(N)nc2=O)O[C@@H]1COP(=O)(O)O[C@@H]1C[C@H](n2cnc3c(=O)[nH]c(C)nc32)O[C@@H]1CC.CCOC(=O)O[C@@H]1C[C@H](n2cnc3c(=O)[nH]c(C)nc32)O[C@@H]1COP(=O)(O)O[C@@H]1C[C@H](n2cnc(N)nc2=O)O[C@@H]1CC.CC[C@H]1O[C@@H](n2cnc(N)nc2=O)C[C@H]1OP(=O)(O)OC[C@H]1O[C@@H](n2cnc3c(=O)[nH]c(C)nc32)C[C@H]1OC(=O)N(C)C. The van der Waals surface area contributed by atoms with Crippen molar-refractivity contribution in [3.8, 4) is 0 Å². The number of hydrogen-bond acceptors (Lipinski definition) is 44. The molecule has 0 bridgehead atoms. The third-order valence-electron chi connectivity index (χ3n) is 20.7. The number of aromatic amines is 3. The minimum absolute atomic E-state index is 0.0233. The lowest BCUT2D eigenvalue weighted by Gasteiger charge is -2.23. The lowest BCUT2D eigenvalue weighted by Crippen LogP contribution is -2.35. The van der Waals surface area contributed by atoms with Gasteiger partial charge in [-0.3, -0.25) is 68.9 Å². The molecule has 9 aromatic heterocycles. The summed E-state index contributed by atoms with van der Waals surface area (Å²) < 4.78 is 141. The molecule has 6 fully saturated rings. The van der Waals surface area contributed by atoms with Crippen molar-refractivity contribution in [2.45, 2.75) is 224 Å². The molecule has 129 heavy (non-hydrogen) atoms. The van der Waals surface area contributed by atoms with E-state index in [4.69, 9.17) is 96.4 Å². The standard InChI is InChI=1S/C23H32N9O10P.2C23H31N8O11P/c1-5-12-14(7-17(39-12)32-10-26-21(24)29-22(32)34)42-43(36,37)38-8-15-13(41-23(35)30(3)4)6-16(40-15)31-9-25-18-19(31)27-11(2)28-20(18)33;1-4-12-14(7-16(39-12)30-9-25-18-19(30)27-11(3)28-20(18)32)42-43(35,36)38-8-15-13(41-23(34)37-5-2)6-17(40-15)31-10-26-21(24)29-22(31)33;1-4-12-14(7-17(39-12)31-10-26-21(24)29-22(31)33)42-43(35,36)38-8-15-13(41-23(34)37-5-2)6-16(40-15)30-9-25-18-19(30)27-11(3)28-20(18)32/h9-10,12-17H,5-8H2,1-4H3,(H,36,37)(H2,24,29,34)(H,27,28,33);2*9-10,12-17H,4-8H2,1-3H3,(H,35,36)(H2,24,29,33)(H,27,28,32)/t3*12-,13-,14-,15-,16-,17-/m111/s1. The van der Waals surface area contributed by atoms with Crippen LogP contribution in [0.1, 0.15) is 147 Å². The first kappa shape index (κ1) is 95.4. The van der Waals surface area contributed by atoms with Crippen LogP contribution in [0.25, 0.3) is 33.5 Å². The van der Waals surface area contributed by atoms with Gasteiger partial charge in [-0.15, -0.1) is 0 Å². The molecule has 12 N–H and O–H groups in total. The van der Waals surface area contributed by atoms with Gasteiger partial charge in [0.05, 0.1) is 88.6 Å². The van der Waals surface area contributed by atoms with Gasteiger partial charge in [-0.05, 0) is 53.9 Å². The number of carbonyl (C=O) groups excluding carboxylic acids is 3. The van der Waals surface area contributed by atoms with E-state index in [1.807, 2.05) is 6.92 Å². The largest absolute Gasteiger partial charge is 0.508 e. The Hall–Kier alpha value is -11.2. The Labute approximate surface area is 725 Å². The molecular formula is C69H94N25O32P3. The summed E-state index contributed by atoms with van der Waals surface area (Å²) in [6, 6.07) is 0. The molecule has 9 aromatic rings. The topological polar surface area (TPSA) is 735 Å². The minimum Gasteiger partial charge on any atom is -0.443 e. The zero-order valence-corrected chi connectivity index (χ0v) is 73.2. The highest BCUT2D eigenvalue weighted by molar-refractivity contribution is 7.48. The number of phosphoric ester groups is 3. The van der Waals surface area contributed by atoms with E-state index in [9.17, 15) is 71.5 Å². The Bertz CT molecular complexity index is 6090. The van der Waals surface area contributed by atoms with Crippen LogP contribution in [0.2, 0.25) is 0 Å². The van der Waals surface area contributed by atoms with Crippen molar-refractivity contribution in [2.75, 3.05) is 64.3 Å². The van der Waals surface area contributed by atoms with E-state index < -0.39 is 206 Å². The van der Waals surface area contributed by atoms with Gasteiger partial charge in [0.25, 0.3) is 16.7 Å². The van der Waals surface area contributed by atoms with E-state index in [0.29, 0.717) is 42.4 Å². The predicted octanol–water partition coefficient (Wildman–Crippen LogP) is 1.60. The van der Waals surface area contributed by atoms with Gasteiger partial charge >= 0.3 is 58.9 Å². The van der Waals surface area contributed by atoms with Crippen molar-refractivity contribution in [1.29, 1.82) is 0 Å². The van der Waals surface area contributed by atoms with Gasteiger partial charge in [0.1, 0.15) is 110 Å². The molecular weight excluding hydrogens is 1780 g/mol. The molecule has 0 aliphatic carbocycles. The molecule has 1 amide bonds. The molecule has 0 radical (unpaired) electrons. The zero-order chi connectivity index (χ0) is 92.8. The first-order chi connectivity index (χ1) is 61.3. The van der Waals surface area contributed by atoms with Crippen LogP contribution in [0.3, 0.4) is 0 Å². The number of carbonyl (C=O) groups is 3. The van der Waals surface area contributed by atoms with Crippen molar-refractivity contribution < 1.29 is 122 Å². The number of fused-ring (bicyclic) bond motifs is 3. The second kappa shape index (κ2) is 40.4. The van der Waals surface area contributed by atoms with E-state index >= 15 is 0 Å². The third kappa shape index (κ3) is 22.8. The van der Waals surface area contributed by atoms with Gasteiger partial charge in [-0.2, -0.15) is 15.0 Å². The van der Waals surface area contributed by atoms with Crippen molar-refractivity contribution in [1.82, 2.24) is 107 Å². The molecule has 0 aromatic carbocycles. The highest BCUT2D eigenvalue weighted by Crippen LogP contribution is 2.53. The number of nitrogens with two attached hydrogens (primary N) is 3. The number of aromatic nitrogens is 21. The number of nitrogens with zero attached hydrogens (tertiary/aromatic N) is 19. The van der Waals surface area contributed by atoms with Crippen LogP contribution in [-0.4, -0.2) is 261 Å². The van der Waals surface area contributed by atoms with Crippen molar-refractivity contribution in [2.24, 2.45) is 0 Å². The Balaban J connectivity index is 0.000000165. The number of amides is 1. The summed E-state index contributed by atoms with van der Waals surface area (Å²) >= 11 is 0. The highest BCUT2D eigenvalue weighted by Gasteiger charge is 2.50. The van der Waals surface area contributed by atoms with Gasteiger partial charge in [-0.25, -0.2) is 87.3 Å². The number of hydrogen-bond donors (Lipinski definition) is 9. The molecule has 57 nitrogen and oxygen atoms in total. The fourth-order valence-corrected chi connectivity index (χ4v) is 17.6. The van der Waals surface area contributed by atoms with Crippen molar-refractivity contribution in [3.05, 3.63) is 118 Å². The maximum Gasteiger partial charge on any atom is 0.508 e. The average molecular weight is 1880 g/mol. The molecule has 60 heteroatoms. The second-order valence-electron chi connectivity index (χ2n) is 29.8. The number of imidazole rings is 3. The van der Waals surface area contributed by atoms with Crippen LogP contribution in [0.15, 0.2) is 66.7 Å². The molecule has 15 rings (SSSR count). The predicted molar refractivity (Wildman–Crippen MR) is 433 cm³/mol. The Morgan fingerprint density at radius 3 is 0.922 bits per heavy atom. The summed E-state index contributed by atoms with van der Waals surface area (Å²) in [7, 11) is -11.2. The van der Waals surface area contributed by atoms with Gasteiger partial charge < -0.3 is 104 Å². The Morgan fingerprint density at radius 1 is 0.403 bits per heavy atom. The molecule has 21 atom stereocenters. The summed E-state index contributed by atoms with van der Waals surface area (Å²) in [6.45, 7) is 12.0. The number of phosphoric acid groups is 3. The van der Waals surface area contributed by atoms with Crippen LogP contribution in [0, 0.1) is 20.8 Å². The maximum atomic E-state index is 13.1. The second-order valence-corrected chi connectivity index (χ2v) is 34.0. The van der Waals surface area contributed by atoms with E-state index in [1.165, 1.54) is 59.8 Å². The first-order valence-electron chi connectivity index (χ1n) is 40.2. The Morgan fingerprint density at radius 2 is 0.659 bits per heavy atom. The summed E-state index contributed by atoms with van der Waals surface area (Å²) in [6.07, 6.45) is -9.11. The Kier molecular flexibility index (Phi) is 29.9. The van der Waals surface area contributed by atoms with Crippen LogP contribution >= 0.6 is 23.5 Å². The average Bonchev–Trinajstić information content (AvgIpc) is 1.63. The molecule has 6 saturated heterocycles. The molecule has 6 aliphatic rings. The van der Waals surface area contributed by atoms with Crippen LogP contribution in [0.5, 0.6) is 0 Å². The molecule has 702 valence electrons. The van der Waals surface area contributed by atoms with E-state index in [0.717, 1.165) is 20.0 Å². The molecule has 6 aliphatic heterocycles. The number of ether oxygens (including phenoxy) is 11. The van der Waals surface area contributed by atoms with Crippen molar-refractivity contribution in [3.63, 3.8) is 0 Å². The number of anilines is 3. The van der Waals surface area contributed by atoms with Crippen LogP contribution in [-0.2, 0) is 92.9 Å². The zero-order valence-electron chi connectivity index (χ0n) is 70.5. The summed E-state index contributed by atoms with van der Waals surface area (Å²) in [5, 5.41) is 0. The highest BCUT2D eigenvalue weighted by atomic mass is 31.2. The monoisotopic (exact) mass is 1880 g/mol. The van der Waals surface area contributed by atoms with Gasteiger partial charge in [0.15, 0.2) is 33.5 Å². The van der Waals surface area contributed by atoms with Gasteiger partial charge in [-0.1, -0.05) is 20.8 Å². The lowest BCUT2D eigenvalue weighted by molar-refractivity contribution is -0.0605. The summed E-state index contributed by atoms with van der Waals surface area (Å²) in [4.78, 5) is 198. The first-order valence-corrected chi connectivity index (χ1v) is 44.7. The van der Waals surface area contributed by atoms with Crippen molar-refractivity contribution >= 4 is 93.2 Å². The van der Waals surface area contributed by atoms with E-state index in [2.05, 4.69) is 74.8 Å². The minimum atomic E-state index is -4.74. The smallest absolute Gasteiger partial charge is 0.443 e. The molecule has 0 saturated carbocycles. The van der Waals surface area contributed by atoms with Gasteiger partial charge in [0.2, 0.25) is 17.8 Å². The quantitative estimate of drug-likeness (QED) is 0.0183. The van der Waals surface area contributed by atoms with E-state index in [-0.39, 0.29) is 97.4 Å². The normalized spacial score (nSPS) is 26.9. The van der Waals surface area contributed by atoms with Crippen LogP contribution in [0.4, 0.5) is 32.2 Å². The molecule has 3 unspecified atom stereocenters. The lowest BCUT2D eigenvalue weighted by atomic mass is 10.1. The molecule has 15 heterocycles. The van der Waals surface area contributed by atoms with E-state index in [1.54, 1.807) is 53.0 Å². The number of nitrogen functional groups attached to an aromatic ring is 3. The number of H-pyrrole nitrogens is 3.